The molecule has 0 N–H and O–H groups in total. The Bertz CT molecular complexity index is 384. The Morgan fingerprint density at radius 3 is 1.35 bits per heavy atom. The minimum absolute atomic E-state index is 0. The Labute approximate surface area is 149 Å². The molecule has 0 fully saturated rings. The molecule has 0 spiro atoms. The van der Waals surface area contributed by atoms with Gasteiger partial charge in [-0.15, -0.1) is 0 Å². The Morgan fingerprint density at radius 2 is 1.24 bits per heavy atom. The average molecular weight is 486 g/mol. The summed E-state index contributed by atoms with van der Waals surface area (Å²) in [5.74, 6) is -2.00. The molecule has 0 atom stereocenters. The molecule has 88 valence electrons. The van der Waals surface area contributed by atoms with E-state index in [1.807, 2.05) is 8.17 Å². The maximum Gasteiger partial charge on any atom is 2.00 e. The van der Waals surface area contributed by atoms with Crippen LogP contribution in [0.4, 0.5) is 0 Å². The molecular weight excluding hydrogens is 478 g/mol. The van der Waals surface area contributed by atoms with Crippen molar-refractivity contribution < 1.29 is 19.8 Å². The Hall–Kier alpha value is 0.620. The zero-order valence-corrected chi connectivity index (χ0v) is 15.5. The molecule has 0 aliphatic carbocycles. The smallest absolute Gasteiger partial charge is 2.00 e. The molecule has 0 unspecified atom stereocenters. The third kappa shape index (κ3) is 6.94. The van der Waals surface area contributed by atoms with Gasteiger partial charge in [0.2, 0.25) is 0 Å². The van der Waals surface area contributed by atoms with Crippen LogP contribution in [-0.2, 0) is 9.59 Å². The number of halogens is 2. The Morgan fingerprint density at radius 1 is 0.882 bits per heavy atom. The molecule has 0 aromatic carbocycles. The average Bonchev–Trinajstić information content (AvgIpc) is 2.93. The van der Waals surface area contributed by atoms with Crippen molar-refractivity contribution in [3.8, 4) is 0 Å². The second-order valence-corrected chi connectivity index (χ2v) is 7.94. The van der Waals surface area contributed by atoms with Gasteiger partial charge in [-0.05, 0) is 0 Å². The molecule has 0 radical (unpaired) electrons. The SMILES string of the molecule is O=C([O-])C1=CC=C[IH]1.O=C([O-])C1=CC=C[IH]1.[Ca+2]. The van der Waals surface area contributed by atoms with E-state index < -0.39 is 54.3 Å². The van der Waals surface area contributed by atoms with Gasteiger partial charge >= 0.3 is 152 Å². The van der Waals surface area contributed by atoms with Crippen LogP contribution in [0.3, 0.4) is 0 Å². The monoisotopic (exact) mass is 486 g/mol. The first-order valence-electron chi connectivity index (χ1n) is 4.11. The second kappa shape index (κ2) is 9.54. The van der Waals surface area contributed by atoms with Crippen LogP contribution < -0.4 is 10.2 Å². The van der Waals surface area contributed by atoms with Gasteiger partial charge in [0.1, 0.15) is 0 Å². The summed E-state index contributed by atoms with van der Waals surface area (Å²) in [6, 6.07) is 0. The fraction of sp³-hybridized carbons (Fsp3) is 0. The van der Waals surface area contributed by atoms with E-state index in [0.29, 0.717) is 7.16 Å². The van der Waals surface area contributed by atoms with Crippen molar-refractivity contribution >= 4 is 92.1 Å². The van der Waals surface area contributed by atoms with Gasteiger partial charge in [-0.1, -0.05) is 0 Å². The van der Waals surface area contributed by atoms with E-state index in [1.54, 1.807) is 24.3 Å². The fourth-order valence-corrected chi connectivity index (χ4v) is 3.97. The number of aliphatic carboxylic acids is 2. The molecule has 0 saturated carbocycles. The molecular formula is C10H8CaI2O4. The van der Waals surface area contributed by atoms with Crippen molar-refractivity contribution in [3.63, 3.8) is 0 Å². The predicted octanol–water partition coefficient (Wildman–Crippen LogP) is -0.680. The number of carbonyl (C=O) groups excluding carboxylic acids is 2. The van der Waals surface area contributed by atoms with Crippen molar-refractivity contribution in [2.75, 3.05) is 0 Å². The normalized spacial score (nSPS) is 16.2. The zero-order chi connectivity index (χ0) is 12.0. The number of allylic oxidation sites excluding steroid dienone is 4. The number of hydrogen-bond acceptors (Lipinski definition) is 4. The molecule has 2 heterocycles. The van der Waals surface area contributed by atoms with Crippen molar-refractivity contribution in [3.05, 3.63) is 39.6 Å². The number of carbonyl (C=O) groups is 2. The topological polar surface area (TPSA) is 80.3 Å². The van der Waals surface area contributed by atoms with E-state index in [0.717, 1.165) is 0 Å². The van der Waals surface area contributed by atoms with Crippen LogP contribution in [0.1, 0.15) is 0 Å². The van der Waals surface area contributed by atoms with E-state index >= 15 is 0 Å². The van der Waals surface area contributed by atoms with Crippen LogP contribution in [-0.4, -0.2) is 49.7 Å². The van der Waals surface area contributed by atoms with Crippen LogP contribution in [0.2, 0.25) is 0 Å². The zero-order valence-electron chi connectivity index (χ0n) is 8.62. The van der Waals surface area contributed by atoms with Gasteiger partial charge in [-0.25, -0.2) is 0 Å². The summed E-state index contributed by atoms with van der Waals surface area (Å²) < 4.78 is 4.82. The van der Waals surface area contributed by atoms with Gasteiger partial charge < -0.3 is 0 Å². The molecule has 0 saturated heterocycles. The van der Waals surface area contributed by atoms with E-state index in [2.05, 4.69) is 0 Å². The maximum absolute atomic E-state index is 10.0. The third-order valence-electron chi connectivity index (χ3n) is 1.44. The summed E-state index contributed by atoms with van der Waals surface area (Å²) in [4.78, 5) is 20.0. The van der Waals surface area contributed by atoms with Crippen molar-refractivity contribution in [1.29, 1.82) is 0 Å². The van der Waals surface area contributed by atoms with E-state index in [9.17, 15) is 19.8 Å². The first-order chi connectivity index (χ1) is 7.61. The molecule has 0 amide bonds. The van der Waals surface area contributed by atoms with Gasteiger partial charge in [0.15, 0.2) is 0 Å². The summed E-state index contributed by atoms with van der Waals surface area (Å²) in [6.07, 6.45) is 6.76. The van der Waals surface area contributed by atoms with Crippen LogP contribution >= 0.6 is 42.4 Å². The summed E-state index contributed by atoms with van der Waals surface area (Å²) in [5, 5.41) is 20.0. The number of rotatable bonds is 2. The number of carboxylic acids is 2. The van der Waals surface area contributed by atoms with Gasteiger partial charge in [0.05, 0.1) is 0 Å². The van der Waals surface area contributed by atoms with E-state index in [1.165, 1.54) is 0 Å². The minimum Gasteiger partial charge on any atom is 2.00 e. The first kappa shape index (κ1) is 17.6. The molecule has 0 aromatic heterocycles. The second-order valence-electron chi connectivity index (χ2n) is 2.53. The molecule has 2 aliphatic rings. The van der Waals surface area contributed by atoms with Crippen molar-refractivity contribution in [2.45, 2.75) is 0 Å². The predicted molar refractivity (Wildman–Crippen MR) is 81.0 cm³/mol. The minimum atomic E-state index is -1.00. The molecule has 7 heteroatoms. The summed E-state index contributed by atoms with van der Waals surface area (Å²) in [6.45, 7) is 0. The van der Waals surface area contributed by atoms with E-state index in [-0.39, 0.29) is 37.7 Å². The Balaban J connectivity index is 0.000000284. The molecule has 4 nitrogen and oxygen atoms in total. The molecule has 17 heavy (non-hydrogen) atoms. The van der Waals surface area contributed by atoms with E-state index in [4.69, 9.17) is 0 Å². The molecule has 2 rings (SSSR count). The Kier molecular flexibility index (Phi) is 9.88. The standard InChI is InChI=1S/2C5H5IO2.Ca/c2*7-5(8)4-2-1-3-6-4;/h2*1-3,6H,(H,7,8);/q;;+2/p-2. The summed E-state index contributed by atoms with van der Waals surface area (Å²) >= 11 is -1.00. The van der Waals surface area contributed by atoms with Gasteiger partial charge in [-0.2, -0.15) is 0 Å². The molecule has 2 aliphatic heterocycles. The summed E-state index contributed by atoms with van der Waals surface area (Å²) in [7, 11) is 0. The molecule has 0 bridgehead atoms. The summed E-state index contributed by atoms with van der Waals surface area (Å²) in [5.41, 5.74) is 0. The maximum atomic E-state index is 10.0. The van der Waals surface area contributed by atoms with Gasteiger partial charge in [0.25, 0.3) is 0 Å². The fourth-order valence-electron chi connectivity index (χ4n) is 0.789. The van der Waals surface area contributed by atoms with Crippen LogP contribution in [0.25, 0.3) is 0 Å². The number of carboxylic acid groups (broad SMARTS) is 2. The quantitative estimate of drug-likeness (QED) is 0.383. The van der Waals surface area contributed by atoms with Gasteiger partial charge in [0, 0.05) is 0 Å². The van der Waals surface area contributed by atoms with Gasteiger partial charge in [-0.3, -0.25) is 0 Å². The van der Waals surface area contributed by atoms with Crippen LogP contribution in [0, 0.1) is 0 Å². The van der Waals surface area contributed by atoms with Crippen LogP contribution in [0.5, 0.6) is 0 Å². The number of hydrogen-bond donors (Lipinski definition) is 0. The largest absolute Gasteiger partial charge is 2.00 e. The van der Waals surface area contributed by atoms with Crippen LogP contribution in [0.15, 0.2) is 39.6 Å². The van der Waals surface area contributed by atoms with Crippen molar-refractivity contribution in [2.24, 2.45) is 0 Å². The first-order valence-corrected chi connectivity index (χ1v) is 9.13. The van der Waals surface area contributed by atoms with Crippen molar-refractivity contribution in [1.82, 2.24) is 0 Å². The molecule has 0 aromatic rings. The third-order valence-corrected chi connectivity index (χ3v) is 6.30.